The monoisotopic (exact) mass is 301 g/mol. The number of ether oxygens (including phenoxy) is 1. The van der Waals surface area contributed by atoms with Crippen molar-refractivity contribution in [3.63, 3.8) is 0 Å². The van der Waals surface area contributed by atoms with Gasteiger partial charge in [0.1, 0.15) is 5.82 Å². The predicted molar refractivity (Wildman–Crippen MR) is 78.5 cm³/mol. The van der Waals surface area contributed by atoms with Gasteiger partial charge < -0.3 is 10.1 Å². The highest BCUT2D eigenvalue weighted by molar-refractivity contribution is 5.85. The van der Waals surface area contributed by atoms with Crippen molar-refractivity contribution >= 4 is 18.4 Å². The third kappa shape index (κ3) is 3.93. The van der Waals surface area contributed by atoms with Crippen LogP contribution in [0.1, 0.15) is 25.3 Å². The van der Waals surface area contributed by atoms with Crippen molar-refractivity contribution in [2.24, 2.45) is 5.41 Å². The minimum atomic E-state index is -0.508. The molecule has 0 aliphatic carbocycles. The number of piperidine rings is 1. The van der Waals surface area contributed by atoms with E-state index in [1.165, 1.54) is 12.1 Å². The van der Waals surface area contributed by atoms with Crippen LogP contribution in [0.25, 0.3) is 0 Å². The molecule has 1 atom stereocenters. The number of benzene rings is 1. The van der Waals surface area contributed by atoms with E-state index in [0.717, 1.165) is 24.9 Å². The third-order valence-electron chi connectivity index (χ3n) is 3.64. The lowest BCUT2D eigenvalue weighted by Crippen LogP contribution is -2.47. The lowest BCUT2D eigenvalue weighted by Gasteiger charge is -2.35. The van der Waals surface area contributed by atoms with Crippen molar-refractivity contribution in [2.75, 3.05) is 19.7 Å². The van der Waals surface area contributed by atoms with Crippen molar-refractivity contribution in [3.05, 3.63) is 35.6 Å². The topological polar surface area (TPSA) is 38.3 Å². The molecule has 0 bridgehead atoms. The van der Waals surface area contributed by atoms with Crippen LogP contribution in [0.5, 0.6) is 0 Å². The Morgan fingerprint density at radius 1 is 1.40 bits per heavy atom. The summed E-state index contributed by atoms with van der Waals surface area (Å²) in [4.78, 5) is 12.3. The van der Waals surface area contributed by atoms with Crippen LogP contribution < -0.4 is 5.32 Å². The first-order valence-electron chi connectivity index (χ1n) is 6.79. The van der Waals surface area contributed by atoms with Crippen molar-refractivity contribution < 1.29 is 13.9 Å². The van der Waals surface area contributed by atoms with Gasteiger partial charge in [-0.2, -0.15) is 0 Å². The molecular formula is C15H21ClFNO2. The number of nitrogens with one attached hydrogen (secondary N) is 1. The maximum atomic E-state index is 12.9. The summed E-state index contributed by atoms with van der Waals surface area (Å²) < 4.78 is 18.2. The van der Waals surface area contributed by atoms with Crippen molar-refractivity contribution in [1.82, 2.24) is 5.32 Å². The van der Waals surface area contributed by atoms with Crippen molar-refractivity contribution in [1.29, 1.82) is 0 Å². The summed E-state index contributed by atoms with van der Waals surface area (Å²) >= 11 is 0. The maximum Gasteiger partial charge on any atom is 0.313 e. The van der Waals surface area contributed by atoms with Crippen LogP contribution in [-0.2, 0) is 16.0 Å². The van der Waals surface area contributed by atoms with Crippen LogP contribution in [0.3, 0.4) is 0 Å². The average molecular weight is 302 g/mol. The Morgan fingerprint density at radius 2 is 2.10 bits per heavy atom. The molecule has 0 saturated carbocycles. The van der Waals surface area contributed by atoms with E-state index in [-0.39, 0.29) is 24.2 Å². The predicted octanol–water partition coefficient (Wildman–Crippen LogP) is 2.72. The molecule has 1 fully saturated rings. The van der Waals surface area contributed by atoms with Gasteiger partial charge in [0.15, 0.2) is 0 Å². The summed E-state index contributed by atoms with van der Waals surface area (Å²) in [7, 11) is 0. The maximum absolute atomic E-state index is 12.9. The van der Waals surface area contributed by atoms with Gasteiger partial charge >= 0.3 is 5.97 Å². The second kappa shape index (κ2) is 7.60. The molecule has 1 saturated heterocycles. The minimum absolute atomic E-state index is 0. The van der Waals surface area contributed by atoms with Gasteiger partial charge in [0.25, 0.3) is 0 Å². The van der Waals surface area contributed by atoms with E-state index < -0.39 is 5.41 Å². The van der Waals surface area contributed by atoms with Gasteiger partial charge in [-0.1, -0.05) is 12.1 Å². The number of hydrogen-bond donors (Lipinski definition) is 1. The van der Waals surface area contributed by atoms with Crippen LogP contribution in [0.15, 0.2) is 24.3 Å². The Morgan fingerprint density at radius 3 is 2.65 bits per heavy atom. The summed E-state index contributed by atoms with van der Waals surface area (Å²) in [6.07, 6.45) is 2.37. The highest BCUT2D eigenvalue weighted by Crippen LogP contribution is 2.32. The smallest absolute Gasteiger partial charge is 0.313 e. The molecule has 1 unspecified atom stereocenters. The van der Waals surface area contributed by atoms with Gasteiger partial charge in [-0.05, 0) is 50.4 Å². The van der Waals surface area contributed by atoms with Crippen LogP contribution in [0.4, 0.5) is 4.39 Å². The molecule has 0 amide bonds. The molecule has 1 aromatic carbocycles. The Labute approximate surface area is 125 Å². The Kier molecular flexibility index (Phi) is 6.43. The summed E-state index contributed by atoms with van der Waals surface area (Å²) in [6.45, 7) is 3.78. The zero-order valence-corrected chi connectivity index (χ0v) is 12.5. The highest BCUT2D eigenvalue weighted by Gasteiger charge is 2.41. The number of carbonyl (C=O) groups is 1. The molecule has 0 spiro atoms. The van der Waals surface area contributed by atoms with E-state index in [9.17, 15) is 9.18 Å². The zero-order chi connectivity index (χ0) is 13.7. The molecular weight excluding hydrogens is 281 g/mol. The lowest BCUT2D eigenvalue weighted by molar-refractivity contribution is -0.156. The van der Waals surface area contributed by atoms with Crippen molar-refractivity contribution in [2.45, 2.75) is 26.2 Å². The van der Waals surface area contributed by atoms with E-state index in [0.29, 0.717) is 19.6 Å². The largest absolute Gasteiger partial charge is 0.466 e. The van der Waals surface area contributed by atoms with Crippen LogP contribution in [0.2, 0.25) is 0 Å². The van der Waals surface area contributed by atoms with Gasteiger partial charge in [0.05, 0.1) is 12.0 Å². The van der Waals surface area contributed by atoms with Crippen LogP contribution in [-0.4, -0.2) is 25.7 Å². The SMILES string of the molecule is CCOC(=O)C1(Cc2ccc(F)cc2)CCCNC1.Cl. The quantitative estimate of drug-likeness (QED) is 0.869. The molecule has 3 nitrogen and oxygen atoms in total. The Balaban J connectivity index is 0.00000200. The van der Waals surface area contributed by atoms with Gasteiger partial charge in [0.2, 0.25) is 0 Å². The average Bonchev–Trinajstić information content (AvgIpc) is 2.43. The molecule has 0 aromatic heterocycles. The fourth-order valence-corrected chi connectivity index (χ4v) is 2.64. The second-order valence-electron chi connectivity index (χ2n) is 5.08. The van der Waals surface area contributed by atoms with Crippen LogP contribution >= 0.6 is 12.4 Å². The molecule has 1 aliphatic rings. The first-order chi connectivity index (χ1) is 9.16. The molecule has 112 valence electrons. The lowest BCUT2D eigenvalue weighted by atomic mass is 9.76. The second-order valence-corrected chi connectivity index (χ2v) is 5.08. The fourth-order valence-electron chi connectivity index (χ4n) is 2.64. The third-order valence-corrected chi connectivity index (χ3v) is 3.64. The van der Waals surface area contributed by atoms with E-state index in [2.05, 4.69) is 5.32 Å². The molecule has 20 heavy (non-hydrogen) atoms. The summed E-state index contributed by atoms with van der Waals surface area (Å²) in [5.74, 6) is -0.401. The summed E-state index contributed by atoms with van der Waals surface area (Å²) in [5.41, 5.74) is 0.463. The standard InChI is InChI=1S/C15H20FNO2.ClH/c1-2-19-14(18)15(8-3-9-17-11-15)10-12-4-6-13(16)7-5-12;/h4-7,17H,2-3,8-11H2,1H3;1H. The number of esters is 1. The van der Waals surface area contributed by atoms with E-state index in [1.807, 2.05) is 6.92 Å². The van der Waals surface area contributed by atoms with Gasteiger partial charge in [-0.15, -0.1) is 12.4 Å². The summed E-state index contributed by atoms with van der Waals surface area (Å²) in [5, 5.41) is 3.27. The number of rotatable bonds is 4. The molecule has 1 aromatic rings. The first kappa shape index (κ1) is 16.9. The van der Waals surface area contributed by atoms with Gasteiger partial charge in [-0.3, -0.25) is 4.79 Å². The first-order valence-corrected chi connectivity index (χ1v) is 6.79. The van der Waals surface area contributed by atoms with Crippen LogP contribution in [0, 0.1) is 11.2 Å². The zero-order valence-electron chi connectivity index (χ0n) is 11.7. The fraction of sp³-hybridized carbons (Fsp3) is 0.533. The Hall–Kier alpha value is -1.13. The molecule has 0 radical (unpaired) electrons. The van der Waals surface area contributed by atoms with Crippen molar-refractivity contribution in [3.8, 4) is 0 Å². The number of carbonyl (C=O) groups excluding carboxylic acids is 1. The van der Waals surface area contributed by atoms with Gasteiger partial charge in [-0.25, -0.2) is 4.39 Å². The summed E-state index contributed by atoms with van der Waals surface area (Å²) in [6, 6.07) is 6.35. The number of halogens is 2. The van der Waals surface area contributed by atoms with E-state index in [1.54, 1.807) is 12.1 Å². The highest BCUT2D eigenvalue weighted by atomic mass is 35.5. The van der Waals surface area contributed by atoms with E-state index >= 15 is 0 Å². The van der Waals surface area contributed by atoms with Gasteiger partial charge in [0, 0.05) is 6.54 Å². The minimum Gasteiger partial charge on any atom is -0.466 e. The molecule has 2 rings (SSSR count). The molecule has 1 aliphatic heterocycles. The molecule has 5 heteroatoms. The molecule has 1 heterocycles. The number of hydrogen-bond acceptors (Lipinski definition) is 3. The normalized spacial score (nSPS) is 21.9. The molecule has 1 N–H and O–H groups in total. The Bertz CT molecular complexity index is 430. The van der Waals surface area contributed by atoms with E-state index in [4.69, 9.17) is 4.74 Å².